The summed E-state index contributed by atoms with van der Waals surface area (Å²) in [6, 6.07) is 18.6. The van der Waals surface area contributed by atoms with Crippen molar-refractivity contribution in [3.63, 3.8) is 0 Å². The number of nitriles is 1. The number of nitrogens with one attached hydrogen (secondary N) is 1. The highest BCUT2D eigenvalue weighted by Gasteiger charge is 2.11. The summed E-state index contributed by atoms with van der Waals surface area (Å²) >= 11 is 0. The average molecular weight is 417 g/mol. The van der Waals surface area contributed by atoms with Gasteiger partial charge in [-0.25, -0.2) is 14.6 Å². The second-order valence-corrected chi connectivity index (χ2v) is 6.37. The molecule has 7 nitrogen and oxygen atoms in total. The van der Waals surface area contributed by atoms with E-state index in [9.17, 15) is 14.0 Å². The van der Waals surface area contributed by atoms with Gasteiger partial charge in [0, 0.05) is 0 Å². The van der Waals surface area contributed by atoms with Gasteiger partial charge >= 0.3 is 5.97 Å². The molecular weight excluding hydrogens is 401 g/mol. The Morgan fingerprint density at radius 2 is 1.90 bits per heavy atom. The molecule has 0 bridgehead atoms. The van der Waals surface area contributed by atoms with Crippen molar-refractivity contribution < 1.29 is 23.8 Å². The average Bonchev–Trinajstić information content (AvgIpc) is 2.78. The lowest BCUT2D eigenvalue weighted by Gasteiger charge is -2.07. The number of amides is 1. The molecule has 3 aromatic rings. The number of ether oxygens (including phenoxy) is 1. The number of rotatable bonds is 7. The molecular formula is C23H16FN3O4. The van der Waals surface area contributed by atoms with Crippen LogP contribution < -0.4 is 10.2 Å². The van der Waals surface area contributed by atoms with Crippen LogP contribution >= 0.6 is 0 Å². The van der Waals surface area contributed by atoms with E-state index in [1.807, 2.05) is 0 Å². The summed E-state index contributed by atoms with van der Waals surface area (Å²) in [6.07, 6.45) is 1.39. The zero-order chi connectivity index (χ0) is 22.2. The Morgan fingerprint density at radius 3 is 2.58 bits per heavy atom. The van der Waals surface area contributed by atoms with Crippen LogP contribution in [0.25, 0.3) is 0 Å². The van der Waals surface area contributed by atoms with Gasteiger partial charge in [-0.1, -0.05) is 12.1 Å². The van der Waals surface area contributed by atoms with Crippen molar-refractivity contribution in [3.8, 4) is 11.8 Å². The van der Waals surface area contributed by atoms with Gasteiger partial charge in [0.1, 0.15) is 18.2 Å². The van der Waals surface area contributed by atoms with Crippen LogP contribution in [-0.2, 0) is 6.61 Å². The number of nitrogens with zero attached hydrogens (tertiary/aromatic N) is 2. The first-order valence-corrected chi connectivity index (χ1v) is 9.04. The molecule has 3 aromatic carbocycles. The van der Waals surface area contributed by atoms with E-state index < -0.39 is 17.7 Å². The lowest BCUT2D eigenvalue weighted by Crippen LogP contribution is -2.19. The molecule has 154 valence electrons. The second kappa shape index (κ2) is 9.80. The van der Waals surface area contributed by atoms with Gasteiger partial charge in [0.05, 0.1) is 29.0 Å². The molecule has 0 heterocycles. The maximum absolute atomic E-state index is 13.8. The molecule has 0 aliphatic heterocycles. The molecule has 0 aliphatic rings. The largest absolute Gasteiger partial charge is 0.489 e. The lowest BCUT2D eigenvalue weighted by molar-refractivity contribution is 0.0696. The molecule has 1 amide bonds. The van der Waals surface area contributed by atoms with E-state index in [1.165, 1.54) is 24.4 Å². The molecule has 0 saturated carbocycles. The highest BCUT2D eigenvalue weighted by atomic mass is 19.1. The molecule has 0 unspecified atom stereocenters. The first kappa shape index (κ1) is 21.2. The smallest absolute Gasteiger partial charge is 0.335 e. The molecule has 0 aromatic heterocycles. The quantitative estimate of drug-likeness (QED) is 0.449. The van der Waals surface area contributed by atoms with Crippen LogP contribution in [0.15, 0.2) is 71.8 Å². The Labute approximate surface area is 177 Å². The van der Waals surface area contributed by atoms with Gasteiger partial charge in [-0.3, -0.25) is 4.79 Å². The maximum Gasteiger partial charge on any atom is 0.335 e. The Kier molecular flexibility index (Phi) is 6.71. The molecule has 2 N–H and O–H groups in total. The normalized spacial score (nSPS) is 10.5. The van der Waals surface area contributed by atoms with Crippen molar-refractivity contribution in [1.82, 2.24) is 5.43 Å². The zero-order valence-electron chi connectivity index (χ0n) is 16.1. The van der Waals surface area contributed by atoms with Crippen molar-refractivity contribution in [1.29, 1.82) is 5.26 Å². The summed E-state index contributed by atoms with van der Waals surface area (Å²) in [6.45, 7) is 0.209. The lowest BCUT2D eigenvalue weighted by atomic mass is 10.1. The van der Waals surface area contributed by atoms with Crippen LogP contribution in [-0.4, -0.2) is 23.2 Å². The van der Waals surface area contributed by atoms with Crippen molar-refractivity contribution in [2.75, 3.05) is 0 Å². The SMILES string of the molecule is N#Cc1ccc(C(=O)N/N=C/c2ccc(OCc3cccc(C(=O)O)c3)cc2)c(F)c1. The zero-order valence-corrected chi connectivity index (χ0v) is 16.1. The number of halogens is 1. The van der Waals surface area contributed by atoms with E-state index >= 15 is 0 Å². The number of hydrogen-bond donors (Lipinski definition) is 2. The number of carboxylic acid groups (broad SMARTS) is 1. The predicted molar refractivity (Wildman–Crippen MR) is 110 cm³/mol. The van der Waals surface area contributed by atoms with Crippen LogP contribution in [0.1, 0.15) is 37.4 Å². The van der Waals surface area contributed by atoms with E-state index in [2.05, 4.69) is 10.5 Å². The molecule has 31 heavy (non-hydrogen) atoms. The number of carboxylic acids is 1. The van der Waals surface area contributed by atoms with Gasteiger partial charge in [-0.2, -0.15) is 10.4 Å². The monoisotopic (exact) mass is 417 g/mol. The van der Waals surface area contributed by atoms with E-state index in [1.54, 1.807) is 48.5 Å². The fourth-order valence-corrected chi connectivity index (χ4v) is 2.61. The third-order valence-electron chi connectivity index (χ3n) is 4.18. The number of benzene rings is 3. The molecule has 0 spiro atoms. The Bertz CT molecular complexity index is 1180. The van der Waals surface area contributed by atoms with Crippen molar-refractivity contribution in [2.45, 2.75) is 6.61 Å². The molecule has 0 fully saturated rings. The fourth-order valence-electron chi connectivity index (χ4n) is 2.61. The van der Waals surface area contributed by atoms with Crippen molar-refractivity contribution >= 4 is 18.1 Å². The van der Waals surface area contributed by atoms with Crippen LogP contribution in [0.2, 0.25) is 0 Å². The topological polar surface area (TPSA) is 112 Å². The molecule has 0 radical (unpaired) electrons. The van der Waals surface area contributed by atoms with Gasteiger partial charge in [-0.05, 0) is 65.7 Å². The van der Waals surface area contributed by atoms with E-state index in [-0.39, 0.29) is 23.3 Å². The fraction of sp³-hybridized carbons (Fsp3) is 0.0435. The first-order valence-electron chi connectivity index (χ1n) is 9.04. The number of hydrogen-bond acceptors (Lipinski definition) is 5. The van der Waals surface area contributed by atoms with Crippen LogP contribution in [0.5, 0.6) is 5.75 Å². The summed E-state index contributed by atoms with van der Waals surface area (Å²) in [7, 11) is 0. The summed E-state index contributed by atoms with van der Waals surface area (Å²) in [5.41, 5.74) is 3.72. The van der Waals surface area contributed by atoms with E-state index in [0.29, 0.717) is 11.3 Å². The Morgan fingerprint density at radius 1 is 1.13 bits per heavy atom. The van der Waals surface area contributed by atoms with Gasteiger partial charge in [-0.15, -0.1) is 0 Å². The van der Waals surface area contributed by atoms with Gasteiger partial charge in [0.2, 0.25) is 0 Å². The number of hydrazone groups is 1. The van der Waals surface area contributed by atoms with Crippen LogP contribution in [0.4, 0.5) is 4.39 Å². The third-order valence-corrected chi connectivity index (χ3v) is 4.18. The minimum Gasteiger partial charge on any atom is -0.489 e. The van der Waals surface area contributed by atoms with E-state index in [0.717, 1.165) is 11.6 Å². The summed E-state index contributed by atoms with van der Waals surface area (Å²) in [5, 5.41) is 21.5. The number of carbonyl (C=O) groups excluding carboxylic acids is 1. The second-order valence-electron chi connectivity index (χ2n) is 6.37. The molecule has 0 aliphatic carbocycles. The van der Waals surface area contributed by atoms with Gasteiger partial charge in [0.25, 0.3) is 5.91 Å². The summed E-state index contributed by atoms with van der Waals surface area (Å²) < 4.78 is 19.5. The molecule has 8 heteroatoms. The Hall–Kier alpha value is -4.51. The highest BCUT2D eigenvalue weighted by Crippen LogP contribution is 2.15. The first-order chi connectivity index (χ1) is 15.0. The summed E-state index contributed by atoms with van der Waals surface area (Å²) in [5.74, 6) is -1.97. The molecule has 3 rings (SSSR count). The minimum atomic E-state index is -1.00. The molecule has 0 atom stereocenters. The van der Waals surface area contributed by atoms with E-state index in [4.69, 9.17) is 15.1 Å². The van der Waals surface area contributed by atoms with Crippen molar-refractivity contribution in [3.05, 3.63) is 100 Å². The summed E-state index contributed by atoms with van der Waals surface area (Å²) in [4.78, 5) is 23.0. The van der Waals surface area contributed by atoms with Gasteiger partial charge < -0.3 is 9.84 Å². The third kappa shape index (κ3) is 5.74. The maximum atomic E-state index is 13.8. The van der Waals surface area contributed by atoms with Gasteiger partial charge in [0.15, 0.2) is 0 Å². The highest BCUT2D eigenvalue weighted by molar-refractivity contribution is 5.95. The predicted octanol–water partition coefficient (Wildman–Crippen LogP) is 3.74. The molecule has 0 saturated heterocycles. The van der Waals surface area contributed by atoms with Crippen molar-refractivity contribution in [2.24, 2.45) is 5.10 Å². The standard InChI is InChI=1S/C23H16FN3O4/c24-21-11-16(12-25)6-9-20(21)22(28)27-26-13-15-4-7-19(8-5-15)31-14-17-2-1-3-18(10-17)23(29)30/h1-11,13H,14H2,(H,27,28)(H,29,30)/b26-13+. The number of aromatic carboxylic acids is 1. The Balaban J connectivity index is 1.55. The number of carbonyl (C=O) groups is 2. The van der Waals surface area contributed by atoms with Crippen LogP contribution in [0.3, 0.4) is 0 Å². The van der Waals surface area contributed by atoms with Crippen LogP contribution in [0, 0.1) is 17.1 Å². The minimum absolute atomic E-state index is 0.120.